The molecule has 1 aliphatic heterocycles. The van der Waals surface area contributed by atoms with Gasteiger partial charge in [0.1, 0.15) is 5.44 Å². The second kappa shape index (κ2) is 14.4. The summed E-state index contributed by atoms with van der Waals surface area (Å²) < 4.78 is 12.2. The molecule has 1 amide bonds. The number of nitrogens with two attached hydrogens (primary N) is 1. The van der Waals surface area contributed by atoms with Crippen molar-refractivity contribution >= 4 is 23.4 Å². The van der Waals surface area contributed by atoms with E-state index in [1.54, 1.807) is 12.4 Å². The molecule has 3 aromatic carbocycles. The van der Waals surface area contributed by atoms with Crippen molar-refractivity contribution in [1.82, 2.24) is 20.5 Å². The molecule has 1 fully saturated rings. The van der Waals surface area contributed by atoms with E-state index >= 15 is 0 Å². The first-order valence-electron chi connectivity index (χ1n) is 14.6. The van der Waals surface area contributed by atoms with Crippen molar-refractivity contribution in [3.8, 4) is 11.5 Å². The van der Waals surface area contributed by atoms with Gasteiger partial charge in [-0.3, -0.25) is 9.78 Å². The molecule has 1 saturated heterocycles. The molecule has 2 aromatic heterocycles. The Labute approximate surface area is 260 Å². The van der Waals surface area contributed by atoms with Crippen molar-refractivity contribution < 1.29 is 13.9 Å². The van der Waals surface area contributed by atoms with E-state index in [1.165, 1.54) is 11.8 Å². The van der Waals surface area contributed by atoms with E-state index in [4.69, 9.17) is 14.9 Å². The SMILES string of the molecule is N[C@H](C(=O)Nc1ccccc1CC[C@@H]1CNCC(Sc2nnc(-c3ccncc3)o2)O1)C(c1ccccc1)c1ccccc1. The molecule has 3 atom stereocenters. The topological polar surface area (TPSA) is 128 Å². The largest absolute Gasteiger partial charge is 0.411 e. The monoisotopic (exact) mass is 606 g/mol. The predicted molar refractivity (Wildman–Crippen MR) is 171 cm³/mol. The van der Waals surface area contributed by atoms with Crippen LogP contribution in [0.5, 0.6) is 0 Å². The van der Waals surface area contributed by atoms with Crippen LogP contribution in [0.25, 0.3) is 11.5 Å². The van der Waals surface area contributed by atoms with E-state index in [0.29, 0.717) is 17.7 Å². The number of pyridine rings is 1. The number of aromatic nitrogens is 3. The molecular formula is C34H34N6O3S. The minimum Gasteiger partial charge on any atom is -0.411 e. The molecule has 0 spiro atoms. The fourth-order valence-electron chi connectivity index (χ4n) is 5.37. The van der Waals surface area contributed by atoms with Crippen LogP contribution in [0.15, 0.2) is 119 Å². The normalized spacial score (nSPS) is 17.3. The summed E-state index contributed by atoms with van der Waals surface area (Å²) in [5.41, 5.74) is 11.1. The molecule has 44 heavy (non-hydrogen) atoms. The number of carbonyl (C=O) groups excluding carboxylic acids is 1. The third-order valence-electron chi connectivity index (χ3n) is 7.58. The lowest BCUT2D eigenvalue weighted by molar-refractivity contribution is -0.117. The van der Waals surface area contributed by atoms with E-state index in [9.17, 15) is 4.79 Å². The Morgan fingerprint density at radius 2 is 1.59 bits per heavy atom. The fraction of sp³-hybridized carbons (Fsp3) is 0.235. The summed E-state index contributed by atoms with van der Waals surface area (Å²) in [7, 11) is 0. The molecule has 4 N–H and O–H groups in total. The molecule has 1 unspecified atom stereocenters. The second-order valence-corrected chi connectivity index (χ2v) is 11.7. The smallest absolute Gasteiger partial charge is 0.279 e. The number of amides is 1. The number of nitrogens with zero attached hydrogens (tertiary/aromatic N) is 3. The van der Waals surface area contributed by atoms with Crippen LogP contribution in [-0.2, 0) is 16.0 Å². The van der Waals surface area contributed by atoms with Gasteiger partial charge in [-0.15, -0.1) is 10.2 Å². The molecule has 224 valence electrons. The molecule has 0 aliphatic carbocycles. The molecule has 1 aliphatic rings. The molecular weight excluding hydrogens is 572 g/mol. The summed E-state index contributed by atoms with van der Waals surface area (Å²) in [4.78, 5) is 17.6. The number of hydrogen-bond donors (Lipinski definition) is 3. The first-order chi connectivity index (χ1) is 21.6. The molecule has 6 rings (SSSR count). The van der Waals surface area contributed by atoms with Gasteiger partial charge in [0.05, 0.1) is 12.1 Å². The molecule has 0 bridgehead atoms. The molecule has 3 heterocycles. The zero-order chi connectivity index (χ0) is 30.1. The number of nitrogens with one attached hydrogen (secondary N) is 2. The van der Waals surface area contributed by atoms with Crippen LogP contribution < -0.4 is 16.4 Å². The van der Waals surface area contributed by atoms with Gasteiger partial charge in [-0.1, -0.05) is 78.9 Å². The maximum absolute atomic E-state index is 13.6. The van der Waals surface area contributed by atoms with Crippen LogP contribution in [0.4, 0.5) is 5.69 Å². The summed E-state index contributed by atoms with van der Waals surface area (Å²) in [6, 6.07) is 30.6. The highest BCUT2D eigenvalue weighted by Crippen LogP contribution is 2.30. The van der Waals surface area contributed by atoms with E-state index in [-0.39, 0.29) is 23.4 Å². The lowest BCUT2D eigenvalue weighted by Gasteiger charge is -2.30. The van der Waals surface area contributed by atoms with E-state index < -0.39 is 6.04 Å². The fourth-order valence-corrected chi connectivity index (χ4v) is 6.22. The van der Waals surface area contributed by atoms with Crippen LogP contribution in [0.2, 0.25) is 0 Å². The number of thioether (sulfide) groups is 1. The number of morpholine rings is 1. The predicted octanol–water partition coefficient (Wildman–Crippen LogP) is 5.27. The van der Waals surface area contributed by atoms with Crippen LogP contribution in [0, 0.1) is 0 Å². The van der Waals surface area contributed by atoms with Crippen molar-refractivity contribution in [2.24, 2.45) is 5.73 Å². The van der Waals surface area contributed by atoms with Crippen molar-refractivity contribution in [1.29, 1.82) is 0 Å². The summed E-state index contributed by atoms with van der Waals surface area (Å²) in [5, 5.41) is 15.4. The van der Waals surface area contributed by atoms with Gasteiger partial charge in [-0.05, 0) is 59.5 Å². The van der Waals surface area contributed by atoms with Gasteiger partial charge in [-0.2, -0.15) is 0 Å². The number of aryl methyl sites for hydroxylation is 1. The Morgan fingerprint density at radius 1 is 0.909 bits per heavy atom. The van der Waals surface area contributed by atoms with E-state index in [1.807, 2.05) is 97.1 Å². The first-order valence-corrected chi connectivity index (χ1v) is 15.5. The number of rotatable bonds is 11. The average Bonchev–Trinajstić information content (AvgIpc) is 3.54. The lowest BCUT2D eigenvalue weighted by Crippen LogP contribution is -2.43. The quantitative estimate of drug-likeness (QED) is 0.184. The number of carbonyl (C=O) groups is 1. The van der Waals surface area contributed by atoms with Crippen LogP contribution in [0.1, 0.15) is 29.0 Å². The molecule has 5 aromatic rings. The number of benzene rings is 3. The summed E-state index contributed by atoms with van der Waals surface area (Å²) in [6.45, 7) is 1.40. The Kier molecular flexibility index (Phi) is 9.73. The summed E-state index contributed by atoms with van der Waals surface area (Å²) in [5.74, 6) is -0.0549. The van der Waals surface area contributed by atoms with Gasteiger partial charge in [0.25, 0.3) is 5.22 Å². The van der Waals surface area contributed by atoms with Gasteiger partial charge in [0.15, 0.2) is 0 Å². The standard InChI is InChI=1S/C34H34N6O3S/c35-31(30(24-10-3-1-4-11-24)25-12-5-2-6-13-25)32(41)38-28-14-8-7-9-23(28)15-16-27-21-37-22-29(42-27)44-34-40-39-33(43-34)26-17-19-36-20-18-26/h1-14,17-20,27,29-31,37H,15-16,21-22,35H2,(H,38,41)/t27-,29?,31+/m1/s1. The van der Waals surface area contributed by atoms with Crippen molar-refractivity contribution in [3.05, 3.63) is 126 Å². The minimum absolute atomic E-state index is 0.0182. The third kappa shape index (κ3) is 7.40. The Morgan fingerprint density at radius 3 is 2.32 bits per heavy atom. The summed E-state index contributed by atoms with van der Waals surface area (Å²) >= 11 is 1.41. The maximum atomic E-state index is 13.6. The second-order valence-electron chi connectivity index (χ2n) is 10.6. The highest BCUT2D eigenvalue weighted by atomic mass is 32.2. The Bertz CT molecular complexity index is 1600. The van der Waals surface area contributed by atoms with Crippen LogP contribution in [-0.4, -0.2) is 51.8 Å². The van der Waals surface area contributed by atoms with Crippen LogP contribution >= 0.6 is 11.8 Å². The highest BCUT2D eigenvalue weighted by molar-refractivity contribution is 7.99. The van der Waals surface area contributed by atoms with Gasteiger partial charge >= 0.3 is 0 Å². The molecule has 9 nitrogen and oxygen atoms in total. The van der Waals surface area contributed by atoms with Gasteiger partial charge in [0, 0.05) is 42.7 Å². The Hall–Kier alpha value is -4.35. The number of para-hydroxylation sites is 1. The van der Waals surface area contributed by atoms with Crippen molar-refractivity contribution in [3.63, 3.8) is 0 Å². The number of anilines is 1. The van der Waals surface area contributed by atoms with Crippen molar-refractivity contribution in [2.75, 3.05) is 18.4 Å². The van der Waals surface area contributed by atoms with E-state index in [2.05, 4.69) is 25.8 Å². The Balaban J connectivity index is 1.07. The zero-order valence-electron chi connectivity index (χ0n) is 24.1. The minimum atomic E-state index is -0.778. The van der Waals surface area contributed by atoms with E-state index in [0.717, 1.165) is 47.3 Å². The highest BCUT2D eigenvalue weighted by Gasteiger charge is 2.29. The average molecular weight is 607 g/mol. The molecule has 0 saturated carbocycles. The number of ether oxygens (including phenoxy) is 1. The molecule has 10 heteroatoms. The number of hydrogen-bond acceptors (Lipinski definition) is 9. The maximum Gasteiger partial charge on any atom is 0.279 e. The molecule has 0 radical (unpaired) electrons. The van der Waals surface area contributed by atoms with Gasteiger partial charge in [-0.25, -0.2) is 0 Å². The summed E-state index contributed by atoms with van der Waals surface area (Å²) in [6.07, 6.45) is 4.86. The lowest BCUT2D eigenvalue weighted by atomic mass is 9.85. The van der Waals surface area contributed by atoms with Crippen molar-refractivity contribution in [2.45, 2.75) is 41.6 Å². The van der Waals surface area contributed by atoms with Gasteiger partial charge < -0.3 is 25.5 Å². The van der Waals surface area contributed by atoms with Crippen LogP contribution in [0.3, 0.4) is 0 Å². The zero-order valence-corrected chi connectivity index (χ0v) is 24.9. The first kappa shape index (κ1) is 29.7. The van der Waals surface area contributed by atoms with Gasteiger partial charge in [0.2, 0.25) is 11.8 Å². The third-order valence-corrected chi connectivity index (χ3v) is 8.49.